The normalized spacial score (nSPS) is 17.9. The predicted molar refractivity (Wildman–Crippen MR) is 70.8 cm³/mol. The van der Waals surface area contributed by atoms with Gasteiger partial charge in [-0.1, -0.05) is 20.3 Å². The number of carbonyl (C=O) groups is 1. The van der Waals surface area contributed by atoms with E-state index in [0.29, 0.717) is 13.0 Å². The summed E-state index contributed by atoms with van der Waals surface area (Å²) in [6.45, 7) is 8.70. The molecule has 1 fully saturated rings. The highest BCUT2D eigenvalue weighted by atomic mass is 16.1. The first kappa shape index (κ1) is 14.5. The molecule has 0 radical (unpaired) electrons. The largest absolute Gasteiger partial charge is 0.355 e. The lowest BCUT2D eigenvalue weighted by molar-refractivity contribution is -0.124. The molecule has 0 saturated heterocycles. The van der Waals surface area contributed by atoms with E-state index in [1.165, 1.54) is 6.42 Å². The van der Waals surface area contributed by atoms with Crippen molar-refractivity contribution in [3.8, 4) is 0 Å². The third-order valence-electron chi connectivity index (χ3n) is 4.03. The predicted octanol–water partition coefficient (Wildman–Crippen LogP) is 0.964. The maximum absolute atomic E-state index is 11.8. The van der Waals surface area contributed by atoms with E-state index in [1.807, 2.05) is 0 Å². The van der Waals surface area contributed by atoms with Crippen LogP contribution >= 0.6 is 0 Å². The van der Waals surface area contributed by atoms with E-state index in [9.17, 15) is 4.79 Å². The van der Waals surface area contributed by atoms with Crippen LogP contribution in [0.3, 0.4) is 0 Å². The van der Waals surface area contributed by atoms with E-state index in [4.69, 9.17) is 5.73 Å². The van der Waals surface area contributed by atoms with Crippen molar-refractivity contribution in [1.29, 1.82) is 0 Å². The summed E-state index contributed by atoms with van der Waals surface area (Å²) < 4.78 is 0. The third-order valence-corrected chi connectivity index (χ3v) is 4.03. The van der Waals surface area contributed by atoms with Crippen LogP contribution in [0.25, 0.3) is 0 Å². The fourth-order valence-electron chi connectivity index (χ4n) is 2.43. The highest BCUT2D eigenvalue weighted by Gasteiger charge is 2.37. The van der Waals surface area contributed by atoms with E-state index >= 15 is 0 Å². The molecular formula is C13H27N3O. The van der Waals surface area contributed by atoms with Crippen molar-refractivity contribution in [3.05, 3.63) is 0 Å². The van der Waals surface area contributed by atoms with Gasteiger partial charge in [0, 0.05) is 19.5 Å². The van der Waals surface area contributed by atoms with E-state index < -0.39 is 0 Å². The van der Waals surface area contributed by atoms with Gasteiger partial charge in [0.15, 0.2) is 0 Å². The fraction of sp³-hybridized carbons (Fsp3) is 0.923. The SMILES string of the molecule is CCN(CC)CCNC(=O)CC1(CN)CCC1. The molecule has 4 heteroatoms. The Morgan fingerprint density at radius 3 is 2.41 bits per heavy atom. The Kier molecular flexibility index (Phi) is 5.92. The summed E-state index contributed by atoms with van der Waals surface area (Å²) in [6.07, 6.45) is 4.08. The molecule has 0 aliphatic heterocycles. The molecule has 0 atom stereocenters. The molecule has 100 valence electrons. The van der Waals surface area contributed by atoms with Crippen molar-refractivity contribution in [1.82, 2.24) is 10.2 Å². The van der Waals surface area contributed by atoms with Gasteiger partial charge in [0.1, 0.15) is 0 Å². The van der Waals surface area contributed by atoms with E-state index in [-0.39, 0.29) is 11.3 Å². The number of nitrogens with one attached hydrogen (secondary N) is 1. The van der Waals surface area contributed by atoms with Gasteiger partial charge in [0.25, 0.3) is 0 Å². The molecule has 0 heterocycles. The van der Waals surface area contributed by atoms with Crippen molar-refractivity contribution in [3.63, 3.8) is 0 Å². The second kappa shape index (κ2) is 6.97. The molecule has 17 heavy (non-hydrogen) atoms. The van der Waals surface area contributed by atoms with Gasteiger partial charge in [-0.2, -0.15) is 0 Å². The average Bonchev–Trinajstić information content (AvgIpc) is 2.29. The van der Waals surface area contributed by atoms with Crippen LogP contribution in [0.15, 0.2) is 0 Å². The number of likely N-dealkylation sites (N-methyl/N-ethyl adjacent to an activating group) is 1. The van der Waals surface area contributed by atoms with E-state index in [2.05, 4.69) is 24.1 Å². The number of hydrogen-bond acceptors (Lipinski definition) is 3. The van der Waals surface area contributed by atoms with Crippen LogP contribution in [0, 0.1) is 5.41 Å². The number of amides is 1. The minimum Gasteiger partial charge on any atom is -0.355 e. The summed E-state index contributed by atoms with van der Waals surface area (Å²) in [4.78, 5) is 14.1. The maximum Gasteiger partial charge on any atom is 0.220 e. The first-order valence-corrected chi connectivity index (χ1v) is 6.85. The summed E-state index contributed by atoms with van der Waals surface area (Å²) in [6, 6.07) is 0. The highest BCUT2D eigenvalue weighted by Crippen LogP contribution is 2.42. The van der Waals surface area contributed by atoms with E-state index in [1.54, 1.807) is 0 Å². The quantitative estimate of drug-likeness (QED) is 0.665. The molecule has 1 aliphatic rings. The van der Waals surface area contributed by atoms with Gasteiger partial charge in [-0.05, 0) is 37.9 Å². The number of nitrogens with two attached hydrogens (primary N) is 1. The molecule has 0 spiro atoms. The summed E-state index contributed by atoms with van der Waals surface area (Å²) in [5.41, 5.74) is 5.87. The van der Waals surface area contributed by atoms with E-state index in [0.717, 1.165) is 39.0 Å². The van der Waals surface area contributed by atoms with Gasteiger partial charge in [0.05, 0.1) is 0 Å². The maximum atomic E-state index is 11.8. The standard InChI is InChI=1S/C13H27N3O/c1-3-16(4-2)9-8-15-12(17)10-13(11-14)6-5-7-13/h3-11,14H2,1-2H3,(H,15,17). The molecule has 1 rings (SSSR count). The minimum atomic E-state index is 0.124. The Labute approximate surface area is 105 Å². The highest BCUT2D eigenvalue weighted by molar-refractivity contribution is 5.76. The lowest BCUT2D eigenvalue weighted by Crippen LogP contribution is -2.43. The average molecular weight is 241 g/mol. The van der Waals surface area contributed by atoms with Crippen molar-refractivity contribution in [2.75, 3.05) is 32.7 Å². The van der Waals surface area contributed by atoms with Crippen molar-refractivity contribution < 1.29 is 4.79 Å². The van der Waals surface area contributed by atoms with Crippen molar-refractivity contribution in [2.45, 2.75) is 39.5 Å². The molecule has 0 bridgehead atoms. The zero-order chi connectivity index (χ0) is 12.7. The van der Waals surface area contributed by atoms with Crippen LogP contribution in [-0.2, 0) is 4.79 Å². The van der Waals surface area contributed by atoms with Crippen LogP contribution in [-0.4, -0.2) is 43.5 Å². The van der Waals surface area contributed by atoms with Gasteiger partial charge in [-0.3, -0.25) is 4.79 Å². The van der Waals surface area contributed by atoms with Gasteiger partial charge < -0.3 is 16.0 Å². The van der Waals surface area contributed by atoms with Gasteiger partial charge in [-0.15, -0.1) is 0 Å². The molecule has 3 N–H and O–H groups in total. The second-order valence-corrected chi connectivity index (χ2v) is 5.11. The summed E-state index contributed by atoms with van der Waals surface area (Å²) in [5, 5.41) is 3.00. The first-order valence-electron chi connectivity index (χ1n) is 6.85. The molecule has 1 amide bonds. The Hall–Kier alpha value is -0.610. The lowest BCUT2D eigenvalue weighted by Gasteiger charge is -2.40. The summed E-state index contributed by atoms with van der Waals surface area (Å²) in [5.74, 6) is 0.169. The summed E-state index contributed by atoms with van der Waals surface area (Å²) >= 11 is 0. The Morgan fingerprint density at radius 2 is 2.00 bits per heavy atom. The fourth-order valence-corrected chi connectivity index (χ4v) is 2.43. The number of carbonyl (C=O) groups excluding carboxylic acids is 1. The first-order chi connectivity index (χ1) is 8.15. The second-order valence-electron chi connectivity index (χ2n) is 5.11. The number of nitrogens with zero attached hydrogens (tertiary/aromatic N) is 1. The Bertz CT molecular complexity index is 229. The van der Waals surface area contributed by atoms with Crippen LogP contribution < -0.4 is 11.1 Å². The Balaban J connectivity index is 2.17. The Morgan fingerprint density at radius 1 is 1.35 bits per heavy atom. The van der Waals surface area contributed by atoms with Crippen LogP contribution in [0.5, 0.6) is 0 Å². The minimum absolute atomic E-state index is 0.124. The van der Waals surface area contributed by atoms with Gasteiger partial charge >= 0.3 is 0 Å². The third kappa shape index (κ3) is 4.28. The molecular weight excluding hydrogens is 214 g/mol. The van der Waals surface area contributed by atoms with Gasteiger partial charge in [0.2, 0.25) is 5.91 Å². The smallest absolute Gasteiger partial charge is 0.220 e. The van der Waals surface area contributed by atoms with Crippen LogP contribution in [0.2, 0.25) is 0 Å². The number of rotatable bonds is 8. The molecule has 0 aromatic carbocycles. The summed E-state index contributed by atoms with van der Waals surface area (Å²) in [7, 11) is 0. The molecule has 0 aromatic rings. The lowest BCUT2D eigenvalue weighted by atomic mass is 9.66. The van der Waals surface area contributed by atoms with Crippen molar-refractivity contribution in [2.24, 2.45) is 11.1 Å². The molecule has 1 aliphatic carbocycles. The zero-order valence-electron chi connectivity index (χ0n) is 11.3. The van der Waals surface area contributed by atoms with Gasteiger partial charge in [-0.25, -0.2) is 0 Å². The van der Waals surface area contributed by atoms with Crippen LogP contribution in [0.1, 0.15) is 39.5 Å². The molecule has 4 nitrogen and oxygen atoms in total. The molecule has 1 saturated carbocycles. The topological polar surface area (TPSA) is 58.4 Å². The van der Waals surface area contributed by atoms with Crippen molar-refractivity contribution >= 4 is 5.91 Å². The number of hydrogen-bond donors (Lipinski definition) is 2. The van der Waals surface area contributed by atoms with Crippen LogP contribution in [0.4, 0.5) is 0 Å². The molecule has 0 aromatic heterocycles. The molecule has 0 unspecified atom stereocenters. The zero-order valence-corrected chi connectivity index (χ0v) is 11.3. The monoisotopic (exact) mass is 241 g/mol.